The molecule has 6 rings (SSSR count). The van der Waals surface area contributed by atoms with E-state index in [0.29, 0.717) is 28.2 Å². The lowest BCUT2D eigenvalue weighted by Crippen LogP contribution is -2.40. The normalized spacial score (nSPS) is 19.0. The fourth-order valence-electron chi connectivity index (χ4n) is 7.47. The van der Waals surface area contributed by atoms with Crippen LogP contribution >= 0.6 is 11.6 Å². The molecular weight excluding hydrogens is 588 g/mol. The van der Waals surface area contributed by atoms with Crippen molar-refractivity contribution in [2.24, 2.45) is 0 Å². The summed E-state index contributed by atoms with van der Waals surface area (Å²) in [4.78, 5) is 34.4. The molecule has 0 spiro atoms. The van der Waals surface area contributed by atoms with Gasteiger partial charge in [0.2, 0.25) is 0 Å². The Balaban J connectivity index is 1.38. The van der Waals surface area contributed by atoms with E-state index in [-0.39, 0.29) is 18.0 Å². The zero-order valence-electron chi connectivity index (χ0n) is 26.9. The Hall–Kier alpha value is -3.17. The second-order valence-corrected chi connectivity index (χ2v) is 13.1. The zero-order chi connectivity index (χ0) is 31.7. The number of pyridine rings is 1. The predicted octanol–water partition coefficient (Wildman–Crippen LogP) is 5.88. The van der Waals surface area contributed by atoms with Crippen molar-refractivity contribution in [3.63, 3.8) is 0 Å². The van der Waals surface area contributed by atoms with Gasteiger partial charge in [-0.25, -0.2) is 0 Å². The molecule has 9 heteroatoms. The van der Waals surface area contributed by atoms with Crippen LogP contribution in [0.1, 0.15) is 76.1 Å². The number of nitrogens with one attached hydrogen (secondary N) is 2. The molecule has 8 nitrogen and oxygen atoms in total. The Morgan fingerprint density at radius 1 is 1.02 bits per heavy atom. The van der Waals surface area contributed by atoms with Crippen molar-refractivity contribution >= 4 is 23.2 Å². The van der Waals surface area contributed by atoms with Gasteiger partial charge < -0.3 is 24.7 Å². The van der Waals surface area contributed by atoms with Gasteiger partial charge in [0.15, 0.2) is 0 Å². The van der Waals surface area contributed by atoms with E-state index in [1.165, 1.54) is 11.1 Å². The number of aryl methyl sites for hydroxylation is 3. The number of hydrogen-bond acceptors (Lipinski definition) is 6. The van der Waals surface area contributed by atoms with Gasteiger partial charge in [0, 0.05) is 84.6 Å². The summed E-state index contributed by atoms with van der Waals surface area (Å²) in [6.45, 7) is 13.8. The number of carbonyl (C=O) groups is 1. The molecule has 1 atom stereocenters. The highest BCUT2D eigenvalue weighted by atomic mass is 35.5. The molecule has 2 aromatic carbocycles. The highest BCUT2D eigenvalue weighted by Gasteiger charge is 2.31. The van der Waals surface area contributed by atoms with E-state index in [1.54, 1.807) is 0 Å². The fourth-order valence-corrected chi connectivity index (χ4v) is 7.75. The highest BCUT2D eigenvalue weighted by Crippen LogP contribution is 2.43. The molecule has 0 bridgehead atoms. The molecule has 1 aromatic heterocycles. The SMILES string of the molecule is CCN(c1cc(-c2cc3c(cc2Cl)C(N2CCOCC2)CC3)cc(C(=O)NCc2c(C)cc(C)[nH]c2=O)c1C)C1CCOCC1. The summed E-state index contributed by atoms with van der Waals surface area (Å²) in [6.07, 6.45) is 3.96. The Morgan fingerprint density at radius 2 is 1.76 bits per heavy atom. The van der Waals surface area contributed by atoms with Gasteiger partial charge in [0.05, 0.1) is 13.2 Å². The van der Waals surface area contributed by atoms with Gasteiger partial charge in [0.25, 0.3) is 11.5 Å². The van der Waals surface area contributed by atoms with Gasteiger partial charge in [0.1, 0.15) is 0 Å². The number of ether oxygens (including phenoxy) is 2. The summed E-state index contributed by atoms with van der Waals surface area (Å²) in [5, 5.41) is 3.75. The van der Waals surface area contributed by atoms with Crippen LogP contribution in [-0.2, 0) is 22.4 Å². The van der Waals surface area contributed by atoms with Gasteiger partial charge in [-0.1, -0.05) is 11.6 Å². The zero-order valence-corrected chi connectivity index (χ0v) is 27.7. The molecule has 240 valence electrons. The first kappa shape index (κ1) is 31.8. The number of carbonyl (C=O) groups excluding carboxylic acids is 1. The van der Waals surface area contributed by atoms with Crippen molar-refractivity contribution in [1.82, 2.24) is 15.2 Å². The quantitative estimate of drug-likeness (QED) is 0.323. The number of halogens is 1. The minimum Gasteiger partial charge on any atom is -0.381 e. The third-order valence-corrected chi connectivity index (χ3v) is 10.2. The highest BCUT2D eigenvalue weighted by molar-refractivity contribution is 6.33. The van der Waals surface area contributed by atoms with Crippen LogP contribution in [0, 0.1) is 20.8 Å². The van der Waals surface area contributed by atoms with Crippen molar-refractivity contribution in [3.8, 4) is 11.1 Å². The molecule has 2 saturated heterocycles. The van der Waals surface area contributed by atoms with Gasteiger partial charge >= 0.3 is 0 Å². The molecule has 2 N–H and O–H groups in total. The topological polar surface area (TPSA) is 86.9 Å². The predicted molar refractivity (Wildman–Crippen MR) is 180 cm³/mol. The first-order valence-electron chi connectivity index (χ1n) is 16.4. The Bertz CT molecular complexity index is 1620. The van der Waals surface area contributed by atoms with E-state index in [4.69, 9.17) is 21.1 Å². The minimum absolute atomic E-state index is 0.152. The van der Waals surface area contributed by atoms with Crippen molar-refractivity contribution in [1.29, 1.82) is 0 Å². The number of amides is 1. The van der Waals surface area contributed by atoms with Gasteiger partial charge in [-0.15, -0.1) is 0 Å². The van der Waals surface area contributed by atoms with E-state index in [2.05, 4.69) is 45.2 Å². The van der Waals surface area contributed by atoms with Gasteiger partial charge in [-0.2, -0.15) is 0 Å². The molecule has 1 amide bonds. The average Bonchev–Trinajstić information content (AvgIpc) is 3.44. The maximum atomic E-state index is 13.9. The number of hydrogen-bond donors (Lipinski definition) is 2. The molecule has 2 fully saturated rings. The lowest BCUT2D eigenvalue weighted by atomic mass is 9.93. The molecular formula is C36H45ClN4O4. The van der Waals surface area contributed by atoms with E-state index in [9.17, 15) is 9.59 Å². The summed E-state index contributed by atoms with van der Waals surface area (Å²) < 4.78 is 11.3. The molecule has 1 aliphatic carbocycles. The molecule has 3 aromatic rings. The van der Waals surface area contributed by atoms with Crippen LogP contribution in [0.5, 0.6) is 0 Å². The van der Waals surface area contributed by atoms with E-state index in [0.717, 1.165) is 105 Å². The largest absolute Gasteiger partial charge is 0.381 e. The third kappa shape index (κ3) is 6.57. The number of aromatic amines is 1. The second kappa shape index (κ2) is 13.7. The lowest BCUT2D eigenvalue weighted by Gasteiger charge is -2.37. The summed E-state index contributed by atoms with van der Waals surface area (Å²) in [6, 6.07) is 11.2. The van der Waals surface area contributed by atoms with Crippen molar-refractivity contribution < 1.29 is 14.3 Å². The number of H-pyrrole nitrogens is 1. The van der Waals surface area contributed by atoms with Crippen LogP contribution in [0.2, 0.25) is 5.02 Å². The Morgan fingerprint density at radius 3 is 2.47 bits per heavy atom. The fraction of sp³-hybridized carbons (Fsp3) is 0.500. The summed E-state index contributed by atoms with van der Waals surface area (Å²) in [5.74, 6) is -0.206. The van der Waals surface area contributed by atoms with Crippen LogP contribution < -0.4 is 15.8 Å². The first-order valence-corrected chi connectivity index (χ1v) is 16.7. The first-order chi connectivity index (χ1) is 21.7. The molecule has 45 heavy (non-hydrogen) atoms. The maximum Gasteiger partial charge on any atom is 0.253 e. The lowest BCUT2D eigenvalue weighted by molar-refractivity contribution is 0.0164. The number of rotatable bonds is 8. The smallest absolute Gasteiger partial charge is 0.253 e. The summed E-state index contributed by atoms with van der Waals surface area (Å²) >= 11 is 7.11. The van der Waals surface area contributed by atoms with Crippen molar-refractivity contribution in [2.45, 2.75) is 72.0 Å². The monoisotopic (exact) mass is 632 g/mol. The summed E-state index contributed by atoms with van der Waals surface area (Å²) in [5.41, 5.74) is 9.13. The number of anilines is 1. The van der Waals surface area contributed by atoms with E-state index in [1.807, 2.05) is 32.9 Å². The molecule has 1 unspecified atom stereocenters. The van der Waals surface area contributed by atoms with Crippen LogP contribution in [0.15, 0.2) is 35.1 Å². The number of benzene rings is 2. The van der Waals surface area contributed by atoms with Gasteiger partial charge in [-0.05, 0) is 112 Å². The third-order valence-electron chi connectivity index (χ3n) is 9.90. The molecule has 0 saturated carbocycles. The van der Waals surface area contributed by atoms with E-state index >= 15 is 0 Å². The Labute approximate surface area is 271 Å². The minimum atomic E-state index is -0.206. The molecule has 3 aliphatic rings. The van der Waals surface area contributed by atoms with Crippen molar-refractivity contribution in [3.05, 3.63) is 84.8 Å². The molecule has 2 aliphatic heterocycles. The van der Waals surface area contributed by atoms with E-state index < -0.39 is 0 Å². The summed E-state index contributed by atoms with van der Waals surface area (Å²) in [7, 11) is 0. The average molecular weight is 633 g/mol. The second-order valence-electron chi connectivity index (χ2n) is 12.7. The standard InChI is InChI=1S/C36H45ClN4O4/c1-5-41(27-8-12-44-13-9-27)34-19-26(18-28(24(34)4)35(42)38-21-31-22(2)16-23(3)39-36(31)43)29-17-25-6-7-33(30(25)20-32(29)37)40-10-14-45-15-11-40/h16-20,27,33H,5-15,21H2,1-4H3,(H,38,42)(H,39,43). The number of aromatic nitrogens is 1. The van der Waals surface area contributed by atoms with Crippen LogP contribution in [0.25, 0.3) is 11.1 Å². The van der Waals surface area contributed by atoms with Crippen LogP contribution in [-0.4, -0.2) is 67.9 Å². The van der Waals surface area contributed by atoms with Crippen LogP contribution in [0.3, 0.4) is 0 Å². The number of morpholine rings is 1. The molecule has 3 heterocycles. The molecule has 0 radical (unpaired) electrons. The maximum absolute atomic E-state index is 13.9. The Kier molecular flexibility index (Phi) is 9.66. The number of nitrogens with zero attached hydrogens (tertiary/aromatic N) is 2. The van der Waals surface area contributed by atoms with Crippen LogP contribution in [0.4, 0.5) is 5.69 Å². The van der Waals surface area contributed by atoms with Crippen molar-refractivity contribution in [2.75, 3.05) is 51.0 Å². The number of fused-ring (bicyclic) bond motifs is 1. The van der Waals surface area contributed by atoms with Gasteiger partial charge in [-0.3, -0.25) is 14.5 Å².